The predicted molar refractivity (Wildman–Crippen MR) is 116 cm³/mol. The molecule has 0 aliphatic carbocycles. The molecule has 0 atom stereocenters. The molecule has 2 aromatic heterocycles. The van der Waals surface area contributed by atoms with Gasteiger partial charge in [0.15, 0.2) is 5.03 Å². The largest absolute Gasteiger partial charge is 0.367 e. The highest BCUT2D eigenvalue weighted by Gasteiger charge is 2.31. The molecular formula is C20H24N6O4S. The van der Waals surface area contributed by atoms with E-state index in [4.69, 9.17) is 0 Å². The summed E-state index contributed by atoms with van der Waals surface area (Å²) in [6.07, 6.45) is 2.96. The zero-order valence-electron chi connectivity index (χ0n) is 17.6. The zero-order chi connectivity index (χ0) is 22.3. The molecular weight excluding hydrogens is 420 g/mol. The summed E-state index contributed by atoms with van der Waals surface area (Å²) in [7, 11) is -1.92. The molecule has 1 fully saturated rings. The van der Waals surface area contributed by atoms with Crippen LogP contribution in [0.15, 0.2) is 47.9 Å². The Morgan fingerprint density at radius 2 is 1.65 bits per heavy atom. The van der Waals surface area contributed by atoms with Crippen LogP contribution in [0.4, 0.5) is 11.4 Å². The Morgan fingerprint density at radius 1 is 1.00 bits per heavy atom. The minimum absolute atomic E-state index is 0.0163. The number of anilines is 1. The van der Waals surface area contributed by atoms with E-state index in [0.29, 0.717) is 26.2 Å². The minimum Gasteiger partial charge on any atom is -0.367 e. The molecule has 0 spiro atoms. The first-order valence-corrected chi connectivity index (χ1v) is 11.3. The standard InChI is InChI=1S/C20H24N6O4S/c1-15-4-5-16(2)25(15)19-12-17(26(27)28)6-7-18(19)23-8-10-24(11-9-23)31(29,30)20-13-22(3)14-21-20/h4-7,12-14H,8-11H2,1-3H3. The van der Waals surface area contributed by atoms with Crippen molar-refractivity contribution in [2.75, 3.05) is 31.1 Å². The molecule has 0 bridgehead atoms. The highest BCUT2D eigenvalue weighted by atomic mass is 32.2. The van der Waals surface area contributed by atoms with Crippen LogP contribution >= 0.6 is 0 Å². The Labute approximate surface area is 180 Å². The van der Waals surface area contributed by atoms with Crippen molar-refractivity contribution in [3.05, 3.63) is 64.4 Å². The van der Waals surface area contributed by atoms with Crippen LogP contribution in [0, 0.1) is 24.0 Å². The van der Waals surface area contributed by atoms with Gasteiger partial charge in [0, 0.05) is 62.9 Å². The summed E-state index contributed by atoms with van der Waals surface area (Å²) < 4.78 is 30.7. The third-order valence-corrected chi connectivity index (χ3v) is 7.33. The van der Waals surface area contributed by atoms with E-state index in [1.807, 2.05) is 30.5 Å². The summed E-state index contributed by atoms with van der Waals surface area (Å²) in [5.41, 5.74) is 3.51. The fourth-order valence-corrected chi connectivity index (χ4v) is 5.33. The van der Waals surface area contributed by atoms with Crippen LogP contribution in [-0.4, -0.2) is 57.9 Å². The molecule has 1 aromatic carbocycles. The Balaban J connectivity index is 1.64. The van der Waals surface area contributed by atoms with Gasteiger partial charge >= 0.3 is 0 Å². The molecule has 0 amide bonds. The van der Waals surface area contributed by atoms with Crippen LogP contribution in [0.2, 0.25) is 0 Å². The van der Waals surface area contributed by atoms with Gasteiger partial charge in [-0.15, -0.1) is 0 Å². The summed E-state index contributed by atoms with van der Waals surface area (Å²) in [5, 5.41) is 11.4. The maximum atomic E-state index is 12.9. The fourth-order valence-electron chi connectivity index (χ4n) is 3.94. The molecule has 1 saturated heterocycles. The van der Waals surface area contributed by atoms with Crippen molar-refractivity contribution >= 4 is 21.4 Å². The lowest BCUT2D eigenvalue weighted by Crippen LogP contribution is -2.49. The summed E-state index contributed by atoms with van der Waals surface area (Å²) in [4.78, 5) is 17.0. The molecule has 31 heavy (non-hydrogen) atoms. The number of nitro groups is 1. The van der Waals surface area contributed by atoms with Gasteiger partial charge in [0.1, 0.15) is 0 Å². The van der Waals surface area contributed by atoms with Crippen LogP contribution in [0.1, 0.15) is 11.4 Å². The average Bonchev–Trinajstić information content (AvgIpc) is 3.33. The van der Waals surface area contributed by atoms with Gasteiger partial charge in [-0.05, 0) is 32.0 Å². The van der Waals surface area contributed by atoms with E-state index < -0.39 is 14.9 Å². The highest BCUT2D eigenvalue weighted by molar-refractivity contribution is 7.89. The number of imidazole rings is 1. The topological polar surface area (TPSA) is 107 Å². The Bertz CT molecular complexity index is 1220. The van der Waals surface area contributed by atoms with Crippen LogP contribution < -0.4 is 4.90 Å². The molecule has 164 valence electrons. The lowest BCUT2D eigenvalue weighted by atomic mass is 10.2. The Morgan fingerprint density at radius 3 is 2.19 bits per heavy atom. The first-order chi connectivity index (χ1) is 14.7. The van der Waals surface area contributed by atoms with Crippen molar-refractivity contribution in [1.82, 2.24) is 18.4 Å². The monoisotopic (exact) mass is 444 g/mol. The molecule has 0 unspecified atom stereocenters. The second-order valence-electron chi connectivity index (χ2n) is 7.65. The molecule has 10 nitrogen and oxygen atoms in total. The van der Waals surface area contributed by atoms with Gasteiger partial charge in [0.25, 0.3) is 15.7 Å². The van der Waals surface area contributed by atoms with Crippen LogP contribution in [-0.2, 0) is 17.1 Å². The number of hydrogen-bond acceptors (Lipinski definition) is 6. The normalized spacial score (nSPS) is 15.4. The maximum absolute atomic E-state index is 12.9. The van der Waals surface area contributed by atoms with Crippen LogP contribution in [0.5, 0.6) is 0 Å². The predicted octanol–water partition coefficient (Wildman–Crippen LogP) is 2.25. The third-order valence-electron chi connectivity index (χ3n) is 5.55. The summed E-state index contributed by atoms with van der Waals surface area (Å²) in [6.45, 7) is 5.45. The third kappa shape index (κ3) is 3.81. The number of rotatable bonds is 5. The van der Waals surface area contributed by atoms with Crippen molar-refractivity contribution < 1.29 is 13.3 Å². The number of hydrogen-bond donors (Lipinski definition) is 0. The smallest absolute Gasteiger partial charge is 0.271 e. The molecule has 0 radical (unpaired) electrons. The van der Waals surface area contributed by atoms with Crippen molar-refractivity contribution in [3.8, 4) is 5.69 Å². The molecule has 3 aromatic rings. The highest BCUT2D eigenvalue weighted by Crippen LogP contribution is 2.32. The van der Waals surface area contributed by atoms with Gasteiger partial charge in [-0.3, -0.25) is 10.1 Å². The van der Waals surface area contributed by atoms with E-state index >= 15 is 0 Å². The number of nitro benzene ring substituents is 1. The van der Waals surface area contributed by atoms with E-state index in [2.05, 4.69) is 9.88 Å². The second-order valence-corrected chi connectivity index (χ2v) is 9.53. The number of aromatic nitrogens is 3. The summed E-state index contributed by atoms with van der Waals surface area (Å²) in [6, 6.07) is 8.75. The lowest BCUT2D eigenvalue weighted by molar-refractivity contribution is -0.384. The van der Waals surface area contributed by atoms with E-state index in [1.54, 1.807) is 23.7 Å². The first-order valence-electron chi connectivity index (χ1n) is 9.85. The summed E-state index contributed by atoms with van der Waals surface area (Å²) >= 11 is 0. The number of benzene rings is 1. The van der Waals surface area contributed by atoms with Crippen LogP contribution in [0.3, 0.4) is 0 Å². The second kappa shape index (κ2) is 7.82. The molecule has 1 aliphatic heterocycles. The number of piperazine rings is 1. The van der Waals surface area contributed by atoms with Gasteiger partial charge in [-0.25, -0.2) is 13.4 Å². The SMILES string of the molecule is Cc1ccc(C)n1-c1cc([N+](=O)[O-])ccc1N1CCN(S(=O)(=O)c2cn(C)cn2)CC1. The number of non-ortho nitro benzene ring substituents is 1. The average molecular weight is 445 g/mol. The van der Waals surface area contributed by atoms with Gasteiger partial charge in [0.05, 0.1) is 22.6 Å². The van der Waals surface area contributed by atoms with Gasteiger partial charge < -0.3 is 14.0 Å². The van der Waals surface area contributed by atoms with E-state index in [9.17, 15) is 18.5 Å². The summed E-state index contributed by atoms with van der Waals surface area (Å²) in [5.74, 6) is 0. The van der Waals surface area contributed by atoms with Gasteiger partial charge in [-0.2, -0.15) is 4.31 Å². The molecule has 1 aliphatic rings. The molecule has 0 saturated carbocycles. The van der Waals surface area contributed by atoms with Gasteiger partial charge in [-0.1, -0.05) is 0 Å². The Hall–Kier alpha value is -3.18. The molecule has 4 rings (SSSR count). The quantitative estimate of drug-likeness (QED) is 0.441. The van der Waals surface area contributed by atoms with Gasteiger partial charge in [0.2, 0.25) is 0 Å². The fraction of sp³-hybridized carbons (Fsp3) is 0.350. The zero-order valence-corrected chi connectivity index (χ0v) is 18.4. The maximum Gasteiger partial charge on any atom is 0.271 e. The molecule has 11 heteroatoms. The van der Waals surface area contributed by atoms with E-state index in [0.717, 1.165) is 22.8 Å². The number of nitrogens with zero attached hydrogens (tertiary/aromatic N) is 6. The number of sulfonamides is 1. The van der Waals surface area contributed by atoms with E-state index in [1.165, 1.54) is 22.9 Å². The van der Waals surface area contributed by atoms with E-state index in [-0.39, 0.29) is 10.7 Å². The Kier molecular flexibility index (Phi) is 5.31. The lowest BCUT2D eigenvalue weighted by Gasteiger charge is -2.36. The van der Waals surface area contributed by atoms with Crippen molar-refractivity contribution in [1.29, 1.82) is 0 Å². The van der Waals surface area contributed by atoms with Crippen LogP contribution in [0.25, 0.3) is 5.69 Å². The molecule has 3 heterocycles. The van der Waals surface area contributed by atoms with Crippen molar-refractivity contribution in [2.24, 2.45) is 7.05 Å². The first kappa shape index (κ1) is 21.1. The number of aryl methyl sites for hydroxylation is 3. The van der Waals surface area contributed by atoms with Crippen molar-refractivity contribution in [2.45, 2.75) is 18.9 Å². The molecule has 0 N–H and O–H groups in total. The van der Waals surface area contributed by atoms with Crippen molar-refractivity contribution in [3.63, 3.8) is 0 Å². The minimum atomic E-state index is -3.65.